The third kappa shape index (κ3) is 6.10. The van der Waals surface area contributed by atoms with Crippen LogP contribution in [0.15, 0.2) is 30.3 Å². The summed E-state index contributed by atoms with van der Waals surface area (Å²) in [7, 11) is 0. The zero-order valence-corrected chi connectivity index (χ0v) is 14.2. The molecule has 3 atom stereocenters. The summed E-state index contributed by atoms with van der Waals surface area (Å²) >= 11 is 1.68. The number of aliphatic hydroxyl groups excluding tert-OH is 1. The first-order valence-electron chi connectivity index (χ1n) is 7.60. The fourth-order valence-corrected chi connectivity index (χ4v) is 3.24. The molecule has 1 aromatic rings. The number of hydrogen-bond donors (Lipinski definition) is 2. The largest absolute Gasteiger partial charge is 0.388 e. The molecular formula is C17H27NO2S. The molecule has 0 radical (unpaired) electrons. The topological polar surface area (TPSA) is 49.3 Å². The number of carbonyl (C=O) groups excluding carboxylic acids is 1. The number of aliphatic hydroxyl groups is 1. The highest BCUT2D eigenvalue weighted by Crippen LogP contribution is 2.21. The lowest BCUT2D eigenvalue weighted by Crippen LogP contribution is -2.41. The minimum Gasteiger partial charge on any atom is -0.388 e. The summed E-state index contributed by atoms with van der Waals surface area (Å²) in [6.45, 7) is 8.14. The van der Waals surface area contributed by atoms with Gasteiger partial charge in [0.15, 0.2) is 0 Å². The van der Waals surface area contributed by atoms with Crippen LogP contribution in [0, 0.1) is 5.92 Å². The Morgan fingerprint density at radius 1 is 1.24 bits per heavy atom. The SMILES string of the molecule is CCSC(C(=O)NC(C)CC(O)c1ccccc1)C(C)C. The van der Waals surface area contributed by atoms with E-state index in [1.807, 2.05) is 37.3 Å². The van der Waals surface area contributed by atoms with Crippen molar-refractivity contribution >= 4 is 17.7 Å². The average Bonchev–Trinajstić information content (AvgIpc) is 2.44. The quantitative estimate of drug-likeness (QED) is 0.774. The predicted octanol–water partition coefficient (Wildman–Crippen LogP) is 3.39. The van der Waals surface area contributed by atoms with Crippen LogP contribution in [0.2, 0.25) is 0 Å². The third-order valence-corrected chi connectivity index (χ3v) is 4.81. The molecule has 4 heteroatoms. The smallest absolute Gasteiger partial charge is 0.233 e. The van der Waals surface area contributed by atoms with Gasteiger partial charge < -0.3 is 10.4 Å². The molecule has 3 unspecified atom stereocenters. The van der Waals surface area contributed by atoms with E-state index in [0.717, 1.165) is 11.3 Å². The molecule has 0 fully saturated rings. The molecule has 21 heavy (non-hydrogen) atoms. The molecule has 0 spiro atoms. The van der Waals surface area contributed by atoms with Crippen LogP contribution in [0.4, 0.5) is 0 Å². The Kier molecular flexibility index (Phi) is 7.83. The fraction of sp³-hybridized carbons (Fsp3) is 0.588. The number of hydrogen-bond acceptors (Lipinski definition) is 3. The van der Waals surface area contributed by atoms with Crippen LogP contribution >= 0.6 is 11.8 Å². The Hall–Kier alpha value is -1.00. The molecular weight excluding hydrogens is 282 g/mol. The van der Waals surface area contributed by atoms with Crippen molar-refractivity contribution in [2.75, 3.05) is 5.75 Å². The van der Waals surface area contributed by atoms with E-state index in [1.165, 1.54) is 0 Å². The molecule has 0 bridgehead atoms. The second kappa shape index (κ2) is 9.11. The standard InChI is InChI=1S/C17H27NO2S/c1-5-21-16(12(2)3)17(20)18-13(4)11-15(19)14-9-7-6-8-10-14/h6-10,12-13,15-16,19H,5,11H2,1-4H3,(H,18,20). The zero-order chi connectivity index (χ0) is 15.8. The Labute approximate surface area is 132 Å². The second-order valence-electron chi connectivity index (χ2n) is 5.69. The third-order valence-electron chi connectivity index (χ3n) is 3.36. The first-order chi connectivity index (χ1) is 9.95. The maximum Gasteiger partial charge on any atom is 0.233 e. The monoisotopic (exact) mass is 309 g/mol. The van der Waals surface area contributed by atoms with E-state index in [0.29, 0.717) is 12.3 Å². The van der Waals surface area contributed by atoms with Crippen molar-refractivity contribution in [3.05, 3.63) is 35.9 Å². The molecule has 0 aliphatic heterocycles. The number of rotatable bonds is 8. The van der Waals surface area contributed by atoms with E-state index >= 15 is 0 Å². The number of thioether (sulfide) groups is 1. The Bertz CT molecular complexity index is 422. The van der Waals surface area contributed by atoms with Crippen molar-refractivity contribution in [1.29, 1.82) is 0 Å². The van der Waals surface area contributed by atoms with E-state index in [2.05, 4.69) is 26.1 Å². The lowest BCUT2D eigenvalue weighted by atomic mass is 10.0. The molecule has 2 N–H and O–H groups in total. The maximum atomic E-state index is 12.3. The maximum absolute atomic E-state index is 12.3. The predicted molar refractivity (Wildman–Crippen MR) is 90.4 cm³/mol. The van der Waals surface area contributed by atoms with Crippen molar-refractivity contribution < 1.29 is 9.90 Å². The normalized spacial score (nSPS) is 15.5. The average molecular weight is 309 g/mol. The van der Waals surface area contributed by atoms with Crippen molar-refractivity contribution in [1.82, 2.24) is 5.32 Å². The molecule has 0 heterocycles. The van der Waals surface area contributed by atoms with E-state index in [4.69, 9.17) is 0 Å². The van der Waals surface area contributed by atoms with Gasteiger partial charge in [0.1, 0.15) is 0 Å². The Morgan fingerprint density at radius 3 is 2.38 bits per heavy atom. The van der Waals surface area contributed by atoms with Gasteiger partial charge in [0, 0.05) is 6.04 Å². The van der Waals surface area contributed by atoms with Gasteiger partial charge in [0.05, 0.1) is 11.4 Å². The summed E-state index contributed by atoms with van der Waals surface area (Å²) in [4.78, 5) is 12.3. The summed E-state index contributed by atoms with van der Waals surface area (Å²) in [5.74, 6) is 1.31. The summed E-state index contributed by atoms with van der Waals surface area (Å²) in [6.07, 6.45) is -0.0185. The lowest BCUT2D eigenvalue weighted by molar-refractivity contribution is -0.122. The van der Waals surface area contributed by atoms with Crippen LogP contribution in [0.5, 0.6) is 0 Å². The van der Waals surface area contributed by atoms with Crippen LogP contribution in [-0.4, -0.2) is 28.1 Å². The zero-order valence-electron chi connectivity index (χ0n) is 13.4. The first kappa shape index (κ1) is 18.1. The second-order valence-corrected chi connectivity index (χ2v) is 7.11. The van der Waals surface area contributed by atoms with Crippen LogP contribution in [-0.2, 0) is 4.79 Å². The molecule has 1 aromatic carbocycles. The van der Waals surface area contributed by atoms with Gasteiger partial charge in [-0.2, -0.15) is 0 Å². The van der Waals surface area contributed by atoms with E-state index in [-0.39, 0.29) is 17.2 Å². The lowest BCUT2D eigenvalue weighted by Gasteiger charge is -2.23. The molecule has 0 saturated heterocycles. The molecule has 0 aliphatic rings. The van der Waals surface area contributed by atoms with E-state index in [9.17, 15) is 9.90 Å². The Balaban J connectivity index is 2.52. The van der Waals surface area contributed by atoms with E-state index in [1.54, 1.807) is 11.8 Å². The number of amides is 1. The van der Waals surface area contributed by atoms with Crippen LogP contribution in [0.25, 0.3) is 0 Å². The van der Waals surface area contributed by atoms with Gasteiger partial charge in [-0.3, -0.25) is 4.79 Å². The molecule has 0 aromatic heterocycles. The van der Waals surface area contributed by atoms with Gasteiger partial charge in [-0.25, -0.2) is 0 Å². The molecule has 118 valence electrons. The molecule has 1 rings (SSSR count). The van der Waals surface area contributed by atoms with Gasteiger partial charge in [-0.1, -0.05) is 51.1 Å². The number of benzene rings is 1. The minimum absolute atomic E-state index is 0.0219. The highest BCUT2D eigenvalue weighted by Gasteiger charge is 2.24. The van der Waals surface area contributed by atoms with Crippen molar-refractivity contribution in [3.63, 3.8) is 0 Å². The van der Waals surface area contributed by atoms with Crippen molar-refractivity contribution in [2.24, 2.45) is 5.92 Å². The summed E-state index contributed by atoms with van der Waals surface area (Å²) in [6, 6.07) is 9.51. The van der Waals surface area contributed by atoms with Crippen molar-refractivity contribution in [3.8, 4) is 0 Å². The molecule has 0 aliphatic carbocycles. The number of carbonyl (C=O) groups is 1. The number of nitrogens with one attached hydrogen (secondary N) is 1. The van der Waals surface area contributed by atoms with Gasteiger partial charge in [-0.05, 0) is 30.6 Å². The van der Waals surface area contributed by atoms with E-state index < -0.39 is 6.10 Å². The highest BCUT2D eigenvalue weighted by atomic mass is 32.2. The van der Waals surface area contributed by atoms with Gasteiger partial charge in [-0.15, -0.1) is 11.8 Å². The molecule has 1 amide bonds. The Morgan fingerprint density at radius 2 is 1.86 bits per heavy atom. The van der Waals surface area contributed by atoms with Gasteiger partial charge in [0.25, 0.3) is 0 Å². The summed E-state index contributed by atoms with van der Waals surface area (Å²) in [5.41, 5.74) is 0.891. The first-order valence-corrected chi connectivity index (χ1v) is 8.65. The van der Waals surface area contributed by atoms with Crippen LogP contribution < -0.4 is 5.32 Å². The summed E-state index contributed by atoms with van der Waals surface area (Å²) in [5, 5.41) is 13.2. The minimum atomic E-state index is -0.544. The summed E-state index contributed by atoms with van der Waals surface area (Å²) < 4.78 is 0. The van der Waals surface area contributed by atoms with Crippen LogP contribution in [0.1, 0.15) is 45.8 Å². The van der Waals surface area contributed by atoms with Gasteiger partial charge in [0.2, 0.25) is 5.91 Å². The van der Waals surface area contributed by atoms with Crippen molar-refractivity contribution in [2.45, 2.75) is 51.5 Å². The highest BCUT2D eigenvalue weighted by molar-refractivity contribution is 8.00. The fourth-order valence-electron chi connectivity index (χ4n) is 2.28. The van der Waals surface area contributed by atoms with Gasteiger partial charge >= 0.3 is 0 Å². The molecule has 0 saturated carbocycles. The van der Waals surface area contributed by atoms with Crippen LogP contribution in [0.3, 0.4) is 0 Å². The molecule has 3 nitrogen and oxygen atoms in total.